The van der Waals surface area contributed by atoms with Crippen LogP contribution in [-0.4, -0.2) is 10.9 Å². The molecule has 0 bridgehead atoms. The molecule has 0 unspecified atom stereocenters. The van der Waals surface area contributed by atoms with E-state index in [1.165, 1.54) is 11.6 Å². The number of hydrogen-bond acceptors (Lipinski definition) is 2. The van der Waals surface area contributed by atoms with Gasteiger partial charge >= 0.3 is 0 Å². The second-order valence-electron chi connectivity index (χ2n) is 6.36. The summed E-state index contributed by atoms with van der Waals surface area (Å²) in [6.07, 6.45) is 5.81. The molecule has 1 atom stereocenters. The van der Waals surface area contributed by atoms with Crippen LogP contribution < -0.4 is 5.73 Å². The molecule has 0 spiro atoms. The van der Waals surface area contributed by atoms with E-state index in [0.29, 0.717) is 11.8 Å². The maximum Gasteiger partial charge on any atom is 0.220 e. The SMILES string of the molecule is C[C@@H](C(N)=O)[C@H]1CC[C@@H](c2ccnc3ccc(F)cc32)CC1. The zero-order valence-corrected chi connectivity index (χ0v) is 12.8. The predicted molar refractivity (Wildman–Crippen MR) is 84.8 cm³/mol. The van der Waals surface area contributed by atoms with Crippen LogP contribution in [0.1, 0.15) is 44.1 Å². The zero-order chi connectivity index (χ0) is 15.7. The van der Waals surface area contributed by atoms with Crippen LogP contribution in [0.3, 0.4) is 0 Å². The molecular formula is C18H21FN2O. The molecule has 116 valence electrons. The molecule has 0 saturated heterocycles. The van der Waals surface area contributed by atoms with E-state index in [2.05, 4.69) is 4.98 Å². The summed E-state index contributed by atoms with van der Waals surface area (Å²) in [7, 11) is 0. The van der Waals surface area contributed by atoms with Crippen molar-refractivity contribution in [1.82, 2.24) is 4.98 Å². The molecule has 2 N–H and O–H groups in total. The first kappa shape index (κ1) is 14.9. The van der Waals surface area contributed by atoms with Gasteiger partial charge in [-0.2, -0.15) is 0 Å². The Morgan fingerprint density at radius 2 is 2.00 bits per heavy atom. The third-order valence-electron chi connectivity index (χ3n) is 5.10. The van der Waals surface area contributed by atoms with Crippen molar-refractivity contribution >= 4 is 16.8 Å². The van der Waals surface area contributed by atoms with Gasteiger partial charge in [0.15, 0.2) is 0 Å². The minimum atomic E-state index is -0.224. The second-order valence-corrected chi connectivity index (χ2v) is 6.36. The van der Waals surface area contributed by atoms with Gasteiger partial charge in [-0.1, -0.05) is 6.92 Å². The zero-order valence-electron chi connectivity index (χ0n) is 12.8. The largest absolute Gasteiger partial charge is 0.369 e. The molecular weight excluding hydrogens is 279 g/mol. The number of carbonyl (C=O) groups is 1. The Morgan fingerprint density at radius 3 is 2.68 bits per heavy atom. The van der Waals surface area contributed by atoms with Crippen LogP contribution in [0.2, 0.25) is 0 Å². The van der Waals surface area contributed by atoms with Gasteiger partial charge in [0.25, 0.3) is 0 Å². The van der Waals surface area contributed by atoms with Crippen molar-refractivity contribution < 1.29 is 9.18 Å². The van der Waals surface area contributed by atoms with Crippen LogP contribution in [-0.2, 0) is 4.79 Å². The monoisotopic (exact) mass is 300 g/mol. The number of amides is 1. The van der Waals surface area contributed by atoms with Crippen LogP contribution in [0.25, 0.3) is 10.9 Å². The van der Waals surface area contributed by atoms with E-state index in [1.807, 2.05) is 13.0 Å². The summed E-state index contributed by atoms with van der Waals surface area (Å²) in [6.45, 7) is 1.92. The summed E-state index contributed by atoms with van der Waals surface area (Å²) < 4.78 is 13.6. The Labute approximate surface area is 129 Å². The Hall–Kier alpha value is -1.97. The van der Waals surface area contributed by atoms with E-state index < -0.39 is 0 Å². The average molecular weight is 300 g/mol. The summed E-state index contributed by atoms with van der Waals surface area (Å²) in [4.78, 5) is 15.7. The summed E-state index contributed by atoms with van der Waals surface area (Å²) in [5, 5.41) is 0.911. The van der Waals surface area contributed by atoms with Crippen LogP contribution in [0.5, 0.6) is 0 Å². The molecule has 0 aliphatic heterocycles. The lowest BCUT2D eigenvalue weighted by atomic mass is 9.73. The van der Waals surface area contributed by atoms with Gasteiger partial charge in [-0.3, -0.25) is 9.78 Å². The van der Waals surface area contributed by atoms with E-state index in [4.69, 9.17) is 5.73 Å². The number of nitrogens with zero attached hydrogens (tertiary/aromatic N) is 1. The van der Waals surface area contributed by atoms with Gasteiger partial charge in [-0.15, -0.1) is 0 Å². The highest BCUT2D eigenvalue weighted by molar-refractivity contribution is 5.82. The molecule has 2 aromatic rings. The minimum Gasteiger partial charge on any atom is -0.369 e. The Balaban J connectivity index is 1.82. The highest BCUT2D eigenvalue weighted by atomic mass is 19.1. The molecule has 1 heterocycles. The minimum absolute atomic E-state index is 0.0624. The molecule has 1 fully saturated rings. The van der Waals surface area contributed by atoms with Crippen molar-refractivity contribution in [2.75, 3.05) is 0 Å². The Morgan fingerprint density at radius 1 is 1.27 bits per heavy atom. The molecule has 22 heavy (non-hydrogen) atoms. The summed E-state index contributed by atoms with van der Waals surface area (Å²) in [5.41, 5.74) is 7.43. The molecule has 1 aromatic carbocycles. The van der Waals surface area contributed by atoms with Gasteiger partial charge in [0.05, 0.1) is 5.52 Å². The number of aromatic nitrogens is 1. The molecule has 3 rings (SSSR count). The van der Waals surface area contributed by atoms with Crippen molar-refractivity contribution in [1.29, 1.82) is 0 Å². The lowest BCUT2D eigenvalue weighted by Gasteiger charge is -2.31. The van der Waals surface area contributed by atoms with Gasteiger partial charge in [-0.05, 0) is 67.3 Å². The molecule has 1 saturated carbocycles. The van der Waals surface area contributed by atoms with Crippen molar-refractivity contribution in [2.24, 2.45) is 17.6 Å². The standard InChI is InChI=1S/C18H21FN2O/c1-11(18(20)22)12-2-4-13(5-3-12)15-8-9-21-17-7-6-14(19)10-16(15)17/h6-13H,2-5H2,1H3,(H2,20,22)/t11-,12-,13+/m1/s1. The number of hydrogen-bond donors (Lipinski definition) is 1. The molecule has 1 amide bonds. The number of rotatable bonds is 3. The van der Waals surface area contributed by atoms with Crippen molar-refractivity contribution in [3.63, 3.8) is 0 Å². The number of halogens is 1. The molecule has 4 heteroatoms. The Bertz CT molecular complexity index is 693. The summed E-state index contributed by atoms with van der Waals surface area (Å²) in [5.74, 6) is 0.285. The summed E-state index contributed by atoms with van der Waals surface area (Å²) >= 11 is 0. The topological polar surface area (TPSA) is 56.0 Å². The number of fused-ring (bicyclic) bond motifs is 1. The number of pyridine rings is 1. The fourth-order valence-corrected chi connectivity index (χ4v) is 3.66. The summed E-state index contributed by atoms with van der Waals surface area (Å²) in [6, 6.07) is 6.76. The van der Waals surface area contributed by atoms with E-state index in [-0.39, 0.29) is 17.6 Å². The smallest absolute Gasteiger partial charge is 0.220 e. The third kappa shape index (κ3) is 2.82. The number of benzene rings is 1. The van der Waals surface area contributed by atoms with E-state index in [1.54, 1.807) is 18.3 Å². The highest BCUT2D eigenvalue weighted by Gasteiger charge is 2.29. The third-order valence-corrected chi connectivity index (χ3v) is 5.10. The van der Waals surface area contributed by atoms with Gasteiger partial charge in [-0.25, -0.2) is 4.39 Å². The first-order chi connectivity index (χ1) is 10.6. The van der Waals surface area contributed by atoms with Crippen LogP contribution in [0.15, 0.2) is 30.5 Å². The fourth-order valence-electron chi connectivity index (χ4n) is 3.66. The fraction of sp³-hybridized carbons (Fsp3) is 0.444. The molecule has 3 nitrogen and oxygen atoms in total. The Kier molecular flexibility index (Phi) is 4.10. The van der Waals surface area contributed by atoms with Crippen LogP contribution in [0.4, 0.5) is 4.39 Å². The highest BCUT2D eigenvalue weighted by Crippen LogP contribution is 2.40. The average Bonchev–Trinajstić information content (AvgIpc) is 2.53. The molecule has 1 aliphatic carbocycles. The lowest BCUT2D eigenvalue weighted by molar-refractivity contribution is -0.123. The van der Waals surface area contributed by atoms with Crippen molar-refractivity contribution in [3.05, 3.63) is 41.8 Å². The van der Waals surface area contributed by atoms with Gasteiger partial charge < -0.3 is 5.73 Å². The molecule has 1 aliphatic rings. The molecule has 1 aromatic heterocycles. The predicted octanol–water partition coefficient (Wildman–Crippen LogP) is 3.77. The van der Waals surface area contributed by atoms with Gasteiger partial charge in [0.1, 0.15) is 5.82 Å². The van der Waals surface area contributed by atoms with Gasteiger partial charge in [0, 0.05) is 17.5 Å². The quantitative estimate of drug-likeness (QED) is 0.938. The van der Waals surface area contributed by atoms with E-state index >= 15 is 0 Å². The van der Waals surface area contributed by atoms with Crippen LogP contribution >= 0.6 is 0 Å². The normalized spacial score (nSPS) is 23.4. The van der Waals surface area contributed by atoms with Crippen LogP contribution in [0, 0.1) is 17.7 Å². The maximum atomic E-state index is 13.6. The first-order valence-electron chi connectivity index (χ1n) is 7.89. The first-order valence-corrected chi connectivity index (χ1v) is 7.89. The van der Waals surface area contributed by atoms with E-state index in [9.17, 15) is 9.18 Å². The second kappa shape index (κ2) is 6.03. The number of carbonyl (C=O) groups excluding carboxylic acids is 1. The number of primary amides is 1. The number of nitrogens with two attached hydrogens (primary N) is 1. The lowest BCUT2D eigenvalue weighted by Crippen LogP contribution is -2.30. The van der Waals surface area contributed by atoms with E-state index in [0.717, 1.165) is 36.6 Å². The maximum absolute atomic E-state index is 13.6. The van der Waals surface area contributed by atoms with Gasteiger partial charge in [0.2, 0.25) is 5.91 Å². The molecule has 0 radical (unpaired) electrons. The van der Waals surface area contributed by atoms with Crippen molar-refractivity contribution in [3.8, 4) is 0 Å². The van der Waals surface area contributed by atoms with Crippen molar-refractivity contribution in [2.45, 2.75) is 38.5 Å².